The SMILES string of the molecule is CCN(CC)C(=O)C1=C(C)NC(=O)NC1c1ccc(OC)c(Cl)c1. The highest BCUT2D eigenvalue weighted by Gasteiger charge is 2.33. The van der Waals surface area contributed by atoms with Gasteiger partial charge in [0.25, 0.3) is 5.91 Å². The van der Waals surface area contributed by atoms with E-state index in [1.54, 1.807) is 30.0 Å². The van der Waals surface area contributed by atoms with Gasteiger partial charge in [0, 0.05) is 18.8 Å². The predicted molar refractivity (Wildman–Crippen MR) is 93.0 cm³/mol. The number of urea groups is 1. The molecule has 3 amide bonds. The van der Waals surface area contributed by atoms with Crippen molar-refractivity contribution in [3.05, 3.63) is 40.1 Å². The summed E-state index contributed by atoms with van der Waals surface area (Å²) in [5.74, 6) is 0.430. The summed E-state index contributed by atoms with van der Waals surface area (Å²) in [6.07, 6.45) is 0. The van der Waals surface area contributed by atoms with Crippen molar-refractivity contribution in [1.29, 1.82) is 0 Å². The molecule has 0 aromatic heterocycles. The molecule has 1 aromatic rings. The molecule has 0 saturated carbocycles. The number of hydrogen-bond donors (Lipinski definition) is 2. The second kappa shape index (κ2) is 7.57. The fourth-order valence-electron chi connectivity index (χ4n) is 2.77. The Labute approximate surface area is 146 Å². The van der Waals surface area contributed by atoms with Gasteiger partial charge < -0.3 is 20.3 Å². The molecule has 7 heteroatoms. The average Bonchev–Trinajstić information content (AvgIpc) is 2.55. The highest BCUT2D eigenvalue weighted by molar-refractivity contribution is 6.32. The van der Waals surface area contributed by atoms with Crippen molar-refractivity contribution < 1.29 is 14.3 Å². The number of hydrogen-bond acceptors (Lipinski definition) is 3. The van der Waals surface area contributed by atoms with Crippen LogP contribution in [0.5, 0.6) is 5.75 Å². The van der Waals surface area contributed by atoms with Crippen molar-refractivity contribution in [3.8, 4) is 5.75 Å². The van der Waals surface area contributed by atoms with Gasteiger partial charge in [-0.3, -0.25) is 4.79 Å². The van der Waals surface area contributed by atoms with Crippen LogP contribution in [-0.4, -0.2) is 37.0 Å². The molecule has 0 bridgehead atoms. The zero-order valence-electron chi connectivity index (χ0n) is 14.3. The van der Waals surface area contributed by atoms with Crippen LogP contribution >= 0.6 is 11.6 Å². The standard InChI is InChI=1S/C17H22ClN3O3/c1-5-21(6-2)16(22)14-10(3)19-17(23)20-15(14)11-7-8-13(24-4)12(18)9-11/h7-9,15H,5-6H2,1-4H3,(H2,19,20,23). The molecule has 1 unspecified atom stereocenters. The molecule has 1 atom stereocenters. The van der Waals surface area contributed by atoms with E-state index in [1.165, 1.54) is 7.11 Å². The van der Waals surface area contributed by atoms with Crippen LogP contribution < -0.4 is 15.4 Å². The summed E-state index contributed by atoms with van der Waals surface area (Å²) in [5.41, 5.74) is 1.79. The van der Waals surface area contributed by atoms with Crippen LogP contribution in [0.3, 0.4) is 0 Å². The van der Waals surface area contributed by atoms with Crippen LogP contribution in [0.2, 0.25) is 5.02 Å². The molecule has 1 heterocycles. The van der Waals surface area contributed by atoms with Crippen molar-refractivity contribution >= 4 is 23.5 Å². The first-order valence-corrected chi connectivity index (χ1v) is 8.21. The summed E-state index contributed by atoms with van der Waals surface area (Å²) in [6, 6.07) is 4.32. The summed E-state index contributed by atoms with van der Waals surface area (Å²) >= 11 is 6.20. The number of benzene rings is 1. The fraction of sp³-hybridized carbons (Fsp3) is 0.412. The van der Waals surface area contributed by atoms with Crippen molar-refractivity contribution in [2.75, 3.05) is 20.2 Å². The molecule has 1 aromatic carbocycles. The van der Waals surface area contributed by atoms with Crippen LogP contribution in [0.1, 0.15) is 32.4 Å². The lowest BCUT2D eigenvalue weighted by atomic mass is 9.94. The second-order valence-electron chi connectivity index (χ2n) is 5.44. The summed E-state index contributed by atoms with van der Waals surface area (Å²) in [4.78, 5) is 26.5. The van der Waals surface area contributed by atoms with E-state index in [2.05, 4.69) is 10.6 Å². The highest BCUT2D eigenvalue weighted by atomic mass is 35.5. The van der Waals surface area contributed by atoms with Crippen molar-refractivity contribution in [1.82, 2.24) is 15.5 Å². The summed E-state index contributed by atoms with van der Waals surface area (Å²) in [5, 5.41) is 5.91. The number of amides is 3. The van der Waals surface area contributed by atoms with Gasteiger partial charge in [0.1, 0.15) is 5.75 Å². The normalized spacial score (nSPS) is 17.2. The number of nitrogens with zero attached hydrogens (tertiary/aromatic N) is 1. The number of likely N-dealkylation sites (N-methyl/N-ethyl adjacent to an activating group) is 1. The van der Waals surface area contributed by atoms with Gasteiger partial charge in [-0.1, -0.05) is 17.7 Å². The number of allylic oxidation sites excluding steroid dienone is 1. The van der Waals surface area contributed by atoms with Gasteiger partial charge >= 0.3 is 6.03 Å². The van der Waals surface area contributed by atoms with Gasteiger partial charge in [0.15, 0.2) is 0 Å². The molecule has 1 aliphatic heterocycles. The largest absolute Gasteiger partial charge is 0.495 e. The van der Waals surface area contributed by atoms with E-state index in [1.807, 2.05) is 13.8 Å². The minimum atomic E-state index is -0.560. The third-order valence-electron chi connectivity index (χ3n) is 4.06. The smallest absolute Gasteiger partial charge is 0.319 e. The van der Waals surface area contributed by atoms with Gasteiger partial charge in [-0.05, 0) is 38.5 Å². The molecule has 0 aliphatic carbocycles. The molecule has 130 valence electrons. The Hall–Kier alpha value is -2.21. The van der Waals surface area contributed by atoms with E-state index in [9.17, 15) is 9.59 Å². The third kappa shape index (κ3) is 3.48. The lowest BCUT2D eigenvalue weighted by Crippen LogP contribution is -2.47. The molecule has 24 heavy (non-hydrogen) atoms. The van der Waals surface area contributed by atoms with Crippen molar-refractivity contribution in [2.45, 2.75) is 26.8 Å². The first-order chi connectivity index (χ1) is 11.4. The monoisotopic (exact) mass is 351 g/mol. The zero-order chi connectivity index (χ0) is 17.9. The van der Waals surface area contributed by atoms with E-state index in [-0.39, 0.29) is 11.9 Å². The zero-order valence-corrected chi connectivity index (χ0v) is 15.0. The lowest BCUT2D eigenvalue weighted by Gasteiger charge is -2.31. The van der Waals surface area contributed by atoms with Gasteiger partial charge in [-0.2, -0.15) is 0 Å². The van der Waals surface area contributed by atoms with Crippen LogP contribution in [0.15, 0.2) is 29.5 Å². The summed E-state index contributed by atoms with van der Waals surface area (Å²) in [6.45, 7) is 6.76. The minimum Gasteiger partial charge on any atom is -0.495 e. The molecule has 2 rings (SSSR count). The summed E-state index contributed by atoms with van der Waals surface area (Å²) in [7, 11) is 1.53. The second-order valence-corrected chi connectivity index (χ2v) is 5.85. The number of methoxy groups -OCH3 is 1. The number of carbonyl (C=O) groups is 2. The molecular formula is C17H22ClN3O3. The van der Waals surface area contributed by atoms with E-state index in [4.69, 9.17) is 16.3 Å². The van der Waals surface area contributed by atoms with E-state index < -0.39 is 6.04 Å². The fourth-order valence-corrected chi connectivity index (χ4v) is 3.04. The third-order valence-corrected chi connectivity index (χ3v) is 4.35. The Morgan fingerprint density at radius 1 is 1.33 bits per heavy atom. The molecule has 0 fully saturated rings. The number of carbonyl (C=O) groups excluding carboxylic acids is 2. The molecule has 0 saturated heterocycles. The average molecular weight is 352 g/mol. The first-order valence-electron chi connectivity index (χ1n) is 7.83. The topological polar surface area (TPSA) is 70.7 Å². The molecule has 6 nitrogen and oxygen atoms in total. The van der Waals surface area contributed by atoms with Gasteiger partial charge in [-0.25, -0.2) is 4.79 Å². The van der Waals surface area contributed by atoms with E-state index in [0.29, 0.717) is 35.1 Å². The molecule has 1 aliphatic rings. The Morgan fingerprint density at radius 3 is 2.54 bits per heavy atom. The maximum Gasteiger partial charge on any atom is 0.319 e. The predicted octanol–water partition coefficient (Wildman–Crippen LogP) is 2.84. The molecular weight excluding hydrogens is 330 g/mol. The number of nitrogens with one attached hydrogen (secondary N) is 2. The highest BCUT2D eigenvalue weighted by Crippen LogP contribution is 2.33. The van der Waals surface area contributed by atoms with Crippen LogP contribution in [0.4, 0.5) is 4.79 Å². The van der Waals surface area contributed by atoms with Gasteiger partial charge in [-0.15, -0.1) is 0 Å². The summed E-state index contributed by atoms with van der Waals surface area (Å²) < 4.78 is 5.16. The van der Waals surface area contributed by atoms with Gasteiger partial charge in [0.2, 0.25) is 0 Å². The number of ether oxygens (including phenoxy) is 1. The molecule has 0 spiro atoms. The minimum absolute atomic E-state index is 0.109. The van der Waals surface area contributed by atoms with E-state index in [0.717, 1.165) is 5.56 Å². The first kappa shape index (κ1) is 18.1. The number of halogens is 1. The van der Waals surface area contributed by atoms with Gasteiger partial charge in [0.05, 0.1) is 23.7 Å². The lowest BCUT2D eigenvalue weighted by molar-refractivity contribution is -0.127. The Balaban J connectivity index is 2.48. The van der Waals surface area contributed by atoms with Crippen LogP contribution in [-0.2, 0) is 4.79 Å². The maximum atomic E-state index is 12.9. The quantitative estimate of drug-likeness (QED) is 0.857. The van der Waals surface area contributed by atoms with E-state index >= 15 is 0 Å². The van der Waals surface area contributed by atoms with Crippen molar-refractivity contribution in [2.24, 2.45) is 0 Å². The van der Waals surface area contributed by atoms with Crippen LogP contribution in [0, 0.1) is 0 Å². The Bertz CT molecular complexity index is 684. The molecule has 2 N–H and O–H groups in total. The Kier molecular flexibility index (Phi) is 5.72. The van der Waals surface area contributed by atoms with Crippen molar-refractivity contribution in [3.63, 3.8) is 0 Å². The van der Waals surface area contributed by atoms with Crippen LogP contribution in [0.25, 0.3) is 0 Å². The maximum absolute atomic E-state index is 12.9. The molecule has 0 radical (unpaired) electrons. The number of rotatable bonds is 5. The Morgan fingerprint density at radius 2 is 2.00 bits per heavy atom.